The van der Waals surface area contributed by atoms with Gasteiger partial charge in [0, 0.05) is 5.75 Å². The molecule has 16 heavy (non-hydrogen) atoms. The predicted octanol–water partition coefficient (Wildman–Crippen LogP) is 1.95. The smallest absolute Gasteiger partial charge is 0.181 e. The van der Waals surface area contributed by atoms with E-state index in [1.807, 2.05) is 6.92 Å². The highest BCUT2D eigenvalue weighted by Gasteiger charge is 2.16. The Bertz CT molecular complexity index is 451. The van der Waals surface area contributed by atoms with Crippen molar-refractivity contribution in [3.63, 3.8) is 0 Å². The van der Waals surface area contributed by atoms with Gasteiger partial charge in [-0.1, -0.05) is 11.3 Å². The summed E-state index contributed by atoms with van der Waals surface area (Å²) in [7, 11) is -2.94. The first-order valence-electron chi connectivity index (χ1n) is 4.90. The first-order valence-corrected chi connectivity index (χ1v) is 8.42. The maximum absolute atomic E-state index is 11.6. The van der Waals surface area contributed by atoms with Crippen molar-refractivity contribution in [3.05, 3.63) is 5.69 Å². The summed E-state index contributed by atoms with van der Waals surface area (Å²) >= 11 is 2.92. The van der Waals surface area contributed by atoms with Crippen molar-refractivity contribution in [1.82, 2.24) is 4.98 Å². The van der Waals surface area contributed by atoms with Crippen LogP contribution in [0.3, 0.4) is 0 Å². The fourth-order valence-electron chi connectivity index (χ4n) is 1.02. The summed E-state index contributed by atoms with van der Waals surface area (Å²) in [6.45, 7) is 5.29. The Balaban J connectivity index is 2.51. The summed E-state index contributed by atoms with van der Waals surface area (Å²) in [6, 6.07) is 0. The standard InChI is InChI=1S/C9H16N2O2S3/c1-6(2)16(12,13)5-4-14-8-7(3)11-9(10)15-8/h6H,4-5H2,1-3H3,(H2,10,11). The van der Waals surface area contributed by atoms with E-state index in [0.717, 1.165) is 9.90 Å². The van der Waals surface area contributed by atoms with Gasteiger partial charge in [0.05, 0.1) is 20.9 Å². The number of nitrogens with two attached hydrogens (primary N) is 1. The summed E-state index contributed by atoms with van der Waals surface area (Å²) in [5.74, 6) is 0.759. The van der Waals surface area contributed by atoms with Crippen LogP contribution in [0.2, 0.25) is 0 Å². The molecule has 0 fully saturated rings. The van der Waals surface area contributed by atoms with Gasteiger partial charge in [0.25, 0.3) is 0 Å². The molecule has 0 aromatic carbocycles. The van der Waals surface area contributed by atoms with Gasteiger partial charge >= 0.3 is 0 Å². The third kappa shape index (κ3) is 3.64. The van der Waals surface area contributed by atoms with Crippen molar-refractivity contribution in [2.45, 2.75) is 30.2 Å². The minimum Gasteiger partial charge on any atom is -0.375 e. The van der Waals surface area contributed by atoms with E-state index >= 15 is 0 Å². The monoisotopic (exact) mass is 280 g/mol. The average Bonchev–Trinajstić information content (AvgIpc) is 2.44. The Hall–Kier alpha value is -0.270. The summed E-state index contributed by atoms with van der Waals surface area (Å²) in [6.07, 6.45) is 0. The van der Waals surface area contributed by atoms with Crippen LogP contribution in [0.4, 0.5) is 5.13 Å². The van der Waals surface area contributed by atoms with Crippen LogP contribution in [0.25, 0.3) is 0 Å². The molecule has 4 nitrogen and oxygen atoms in total. The molecule has 7 heteroatoms. The molecule has 0 aliphatic carbocycles. The van der Waals surface area contributed by atoms with E-state index in [0.29, 0.717) is 10.9 Å². The molecule has 0 radical (unpaired) electrons. The van der Waals surface area contributed by atoms with Gasteiger partial charge < -0.3 is 5.73 Å². The third-order valence-electron chi connectivity index (χ3n) is 2.09. The number of sulfone groups is 1. The van der Waals surface area contributed by atoms with Crippen molar-refractivity contribution < 1.29 is 8.42 Å². The SMILES string of the molecule is Cc1nc(N)sc1SCCS(=O)(=O)C(C)C. The van der Waals surface area contributed by atoms with Crippen molar-refractivity contribution in [2.24, 2.45) is 0 Å². The second kappa shape index (κ2) is 5.37. The summed E-state index contributed by atoms with van der Waals surface area (Å²) in [5, 5.41) is 0.229. The van der Waals surface area contributed by atoms with Gasteiger partial charge in [-0.05, 0) is 20.8 Å². The Labute approximate surface area is 105 Å². The van der Waals surface area contributed by atoms with E-state index < -0.39 is 9.84 Å². The van der Waals surface area contributed by atoms with Crippen LogP contribution in [0.15, 0.2) is 4.21 Å². The van der Waals surface area contributed by atoms with Gasteiger partial charge in [0.1, 0.15) is 0 Å². The molecule has 0 saturated heterocycles. The van der Waals surface area contributed by atoms with Crippen LogP contribution in [-0.4, -0.2) is 30.2 Å². The average molecular weight is 280 g/mol. The van der Waals surface area contributed by atoms with Gasteiger partial charge in [-0.2, -0.15) is 0 Å². The predicted molar refractivity (Wildman–Crippen MR) is 70.9 cm³/mol. The number of nitrogens with zero attached hydrogens (tertiary/aromatic N) is 1. The minimum atomic E-state index is -2.94. The molecule has 0 atom stereocenters. The summed E-state index contributed by atoms with van der Waals surface area (Å²) in [4.78, 5) is 4.09. The number of aryl methyl sites for hydroxylation is 1. The highest BCUT2D eigenvalue weighted by molar-refractivity contribution is 8.02. The second-order valence-corrected chi connectivity index (χ2v) is 8.76. The van der Waals surface area contributed by atoms with Crippen LogP contribution in [0, 0.1) is 6.92 Å². The molecular weight excluding hydrogens is 264 g/mol. The lowest BCUT2D eigenvalue weighted by Crippen LogP contribution is -2.18. The number of rotatable bonds is 5. The molecule has 1 aromatic heterocycles. The maximum atomic E-state index is 11.6. The molecule has 1 heterocycles. The molecule has 0 amide bonds. The van der Waals surface area contributed by atoms with E-state index in [1.54, 1.807) is 13.8 Å². The highest BCUT2D eigenvalue weighted by atomic mass is 32.2. The van der Waals surface area contributed by atoms with Crippen molar-refractivity contribution in [2.75, 3.05) is 17.2 Å². The number of anilines is 1. The fourth-order valence-corrected chi connectivity index (χ4v) is 4.50. The number of aromatic nitrogens is 1. The first kappa shape index (κ1) is 13.8. The Morgan fingerprint density at radius 1 is 1.50 bits per heavy atom. The topological polar surface area (TPSA) is 73.0 Å². The van der Waals surface area contributed by atoms with Crippen LogP contribution >= 0.6 is 23.1 Å². The largest absolute Gasteiger partial charge is 0.375 e. The molecule has 92 valence electrons. The minimum absolute atomic E-state index is 0.201. The molecular formula is C9H16N2O2S3. The molecule has 0 spiro atoms. The molecule has 1 rings (SSSR count). The number of hydrogen-bond donors (Lipinski definition) is 1. The lowest BCUT2D eigenvalue weighted by molar-refractivity contribution is 0.589. The Morgan fingerprint density at radius 2 is 2.12 bits per heavy atom. The van der Waals surface area contributed by atoms with Crippen LogP contribution in [-0.2, 0) is 9.84 Å². The Kier molecular flexibility index (Phi) is 4.63. The van der Waals surface area contributed by atoms with Gasteiger partial charge in [-0.3, -0.25) is 0 Å². The maximum Gasteiger partial charge on any atom is 0.181 e. The van der Waals surface area contributed by atoms with E-state index in [2.05, 4.69) is 4.98 Å². The van der Waals surface area contributed by atoms with E-state index in [9.17, 15) is 8.42 Å². The zero-order valence-electron chi connectivity index (χ0n) is 9.56. The Morgan fingerprint density at radius 3 is 2.56 bits per heavy atom. The molecule has 0 bridgehead atoms. The number of thioether (sulfide) groups is 1. The first-order chi connectivity index (χ1) is 7.33. The quantitative estimate of drug-likeness (QED) is 0.835. The van der Waals surface area contributed by atoms with Crippen LogP contribution in [0.5, 0.6) is 0 Å². The van der Waals surface area contributed by atoms with Crippen LogP contribution < -0.4 is 5.73 Å². The fraction of sp³-hybridized carbons (Fsp3) is 0.667. The van der Waals surface area contributed by atoms with Crippen molar-refractivity contribution >= 4 is 38.1 Å². The van der Waals surface area contributed by atoms with E-state index in [4.69, 9.17) is 5.73 Å². The lowest BCUT2D eigenvalue weighted by atomic mass is 10.6. The molecule has 2 N–H and O–H groups in total. The summed E-state index contributed by atoms with van der Waals surface area (Å²) < 4.78 is 24.1. The zero-order chi connectivity index (χ0) is 12.3. The van der Waals surface area contributed by atoms with Gasteiger partial charge in [-0.15, -0.1) is 11.8 Å². The van der Waals surface area contributed by atoms with Gasteiger partial charge in [0.15, 0.2) is 15.0 Å². The van der Waals surface area contributed by atoms with Crippen molar-refractivity contribution in [1.29, 1.82) is 0 Å². The van der Waals surface area contributed by atoms with E-state index in [1.165, 1.54) is 23.1 Å². The summed E-state index contributed by atoms with van der Waals surface area (Å²) in [5.41, 5.74) is 6.44. The molecule has 1 aromatic rings. The normalized spacial score (nSPS) is 12.2. The van der Waals surface area contributed by atoms with Gasteiger partial charge in [0.2, 0.25) is 0 Å². The molecule has 0 aliphatic rings. The molecule has 0 unspecified atom stereocenters. The van der Waals surface area contributed by atoms with Crippen molar-refractivity contribution in [3.8, 4) is 0 Å². The third-order valence-corrected chi connectivity index (χ3v) is 6.91. The lowest BCUT2D eigenvalue weighted by Gasteiger charge is -2.06. The zero-order valence-corrected chi connectivity index (χ0v) is 12.0. The van der Waals surface area contributed by atoms with Crippen LogP contribution in [0.1, 0.15) is 19.5 Å². The number of thiazole rings is 1. The highest BCUT2D eigenvalue weighted by Crippen LogP contribution is 2.30. The number of hydrogen-bond acceptors (Lipinski definition) is 6. The molecule has 0 aliphatic heterocycles. The second-order valence-electron chi connectivity index (χ2n) is 3.69. The van der Waals surface area contributed by atoms with E-state index in [-0.39, 0.29) is 11.0 Å². The van der Waals surface area contributed by atoms with Gasteiger partial charge in [-0.25, -0.2) is 13.4 Å². The number of nitrogen functional groups attached to an aromatic ring is 1. The molecule has 0 saturated carbocycles.